The molecule has 3 aromatic rings. The van der Waals surface area contributed by atoms with E-state index >= 15 is 0 Å². The van der Waals surface area contributed by atoms with Crippen LogP contribution in [0.2, 0.25) is 0 Å². The van der Waals surface area contributed by atoms with E-state index in [9.17, 15) is 4.79 Å². The number of aromatic nitrogens is 1. The minimum Gasteiger partial charge on any atom is -0.359 e. The summed E-state index contributed by atoms with van der Waals surface area (Å²) in [7, 11) is 0. The summed E-state index contributed by atoms with van der Waals surface area (Å²) in [6.07, 6.45) is 1.41. The van der Waals surface area contributed by atoms with Crippen molar-refractivity contribution < 1.29 is 4.79 Å². The summed E-state index contributed by atoms with van der Waals surface area (Å²) >= 11 is 0. The first kappa shape index (κ1) is 16.3. The molecule has 1 atom stereocenters. The van der Waals surface area contributed by atoms with Crippen LogP contribution in [0.15, 0.2) is 60.8 Å². The van der Waals surface area contributed by atoms with Gasteiger partial charge in [0, 0.05) is 17.6 Å². The van der Waals surface area contributed by atoms with E-state index < -0.39 is 0 Å². The van der Waals surface area contributed by atoms with Gasteiger partial charge in [-0.15, -0.1) is 0 Å². The molecule has 0 saturated carbocycles. The van der Waals surface area contributed by atoms with Crippen LogP contribution in [0.3, 0.4) is 0 Å². The van der Waals surface area contributed by atoms with Gasteiger partial charge in [-0.3, -0.25) is 14.7 Å². The molecule has 1 amide bonds. The Morgan fingerprint density at radius 1 is 0.923 bits per heavy atom. The van der Waals surface area contributed by atoms with Gasteiger partial charge in [-0.2, -0.15) is 0 Å². The van der Waals surface area contributed by atoms with E-state index in [4.69, 9.17) is 0 Å². The van der Waals surface area contributed by atoms with Crippen molar-refractivity contribution in [3.05, 3.63) is 88.7 Å². The van der Waals surface area contributed by atoms with Crippen LogP contribution in [-0.2, 0) is 0 Å². The van der Waals surface area contributed by atoms with E-state index in [0.717, 1.165) is 33.8 Å². The van der Waals surface area contributed by atoms with E-state index in [2.05, 4.69) is 36.3 Å². The van der Waals surface area contributed by atoms with Crippen LogP contribution >= 0.6 is 0 Å². The summed E-state index contributed by atoms with van der Waals surface area (Å²) in [6, 6.07) is 17.9. The predicted octanol–water partition coefficient (Wildman–Crippen LogP) is 4.78. The first-order valence-corrected chi connectivity index (χ1v) is 8.74. The quantitative estimate of drug-likeness (QED) is 0.744. The maximum Gasteiger partial charge on any atom is 0.262 e. The molecule has 0 radical (unpaired) electrons. The zero-order valence-electron chi connectivity index (χ0n) is 15.2. The van der Waals surface area contributed by atoms with E-state index in [-0.39, 0.29) is 12.1 Å². The highest BCUT2D eigenvalue weighted by Gasteiger charge is 2.39. The second kappa shape index (κ2) is 6.30. The number of fused-ring (bicyclic) bond motifs is 1. The van der Waals surface area contributed by atoms with Crippen molar-refractivity contribution in [2.75, 3.05) is 10.2 Å². The van der Waals surface area contributed by atoms with E-state index in [1.165, 1.54) is 0 Å². The molecule has 0 fully saturated rings. The molecule has 4 nitrogen and oxygen atoms in total. The maximum absolute atomic E-state index is 13.1. The van der Waals surface area contributed by atoms with Crippen molar-refractivity contribution >= 4 is 17.3 Å². The number of nitrogens with zero attached hydrogens (tertiary/aromatic N) is 2. The van der Waals surface area contributed by atoms with Crippen molar-refractivity contribution in [1.29, 1.82) is 0 Å². The highest BCUT2D eigenvalue weighted by molar-refractivity contribution is 6.11. The van der Waals surface area contributed by atoms with Crippen LogP contribution in [-0.4, -0.2) is 10.9 Å². The third-order valence-electron chi connectivity index (χ3n) is 4.88. The molecule has 1 aliphatic rings. The Labute approximate surface area is 153 Å². The summed E-state index contributed by atoms with van der Waals surface area (Å²) in [5.74, 6) is -0.0271. The minimum atomic E-state index is -0.332. The number of aryl methyl sites for hydroxylation is 3. The molecule has 0 saturated heterocycles. The number of hydrogen-bond acceptors (Lipinski definition) is 3. The molecule has 1 N–H and O–H groups in total. The van der Waals surface area contributed by atoms with Gasteiger partial charge >= 0.3 is 0 Å². The number of rotatable bonds is 3. The van der Waals surface area contributed by atoms with E-state index in [0.29, 0.717) is 5.56 Å². The van der Waals surface area contributed by atoms with Crippen LogP contribution in [0.4, 0.5) is 11.4 Å². The van der Waals surface area contributed by atoms with E-state index in [1.54, 1.807) is 11.1 Å². The standard InChI is InChI=1S/C22H21N3O/c1-14-9-11-17(12-10-14)25-21(20-18(22(25)26)8-5-13-23-20)24-19-15(2)6-4-7-16(19)3/h4-13,21,24H,1-3H3. The largest absolute Gasteiger partial charge is 0.359 e. The smallest absolute Gasteiger partial charge is 0.262 e. The molecule has 1 aliphatic heterocycles. The van der Waals surface area contributed by atoms with Gasteiger partial charge in [0.15, 0.2) is 6.17 Å². The van der Waals surface area contributed by atoms with Crippen LogP contribution < -0.4 is 10.2 Å². The first-order chi connectivity index (χ1) is 12.6. The Bertz CT molecular complexity index is 959. The number of nitrogens with one attached hydrogen (secondary N) is 1. The molecule has 0 spiro atoms. The van der Waals surface area contributed by atoms with Crippen molar-refractivity contribution in [2.45, 2.75) is 26.9 Å². The Balaban J connectivity index is 1.82. The maximum atomic E-state index is 13.1. The van der Waals surface area contributed by atoms with Gasteiger partial charge in [0.25, 0.3) is 5.91 Å². The molecule has 1 aromatic heterocycles. The molecule has 2 heterocycles. The highest BCUT2D eigenvalue weighted by atomic mass is 16.2. The average Bonchev–Trinajstić information content (AvgIpc) is 2.92. The second-order valence-electron chi connectivity index (χ2n) is 6.76. The molecule has 2 aromatic carbocycles. The lowest BCUT2D eigenvalue weighted by Gasteiger charge is -2.28. The number of carbonyl (C=O) groups excluding carboxylic acids is 1. The molecule has 130 valence electrons. The Morgan fingerprint density at radius 2 is 1.62 bits per heavy atom. The van der Waals surface area contributed by atoms with Crippen LogP contribution in [0.25, 0.3) is 0 Å². The number of anilines is 2. The third kappa shape index (κ3) is 2.64. The number of pyridine rings is 1. The molecule has 0 bridgehead atoms. The fraction of sp³-hybridized carbons (Fsp3) is 0.182. The van der Waals surface area contributed by atoms with Gasteiger partial charge in [-0.1, -0.05) is 35.9 Å². The lowest BCUT2D eigenvalue weighted by molar-refractivity contribution is 0.0993. The molecule has 4 heteroatoms. The number of benzene rings is 2. The Morgan fingerprint density at radius 3 is 2.31 bits per heavy atom. The Hall–Kier alpha value is -3.14. The monoisotopic (exact) mass is 343 g/mol. The number of carbonyl (C=O) groups is 1. The first-order valence-electron chi connectivity index (χ1n) is 8.74. The zero-order valence-corrected chi connectivity index (χ0v) is 15.2. The predicted molar refractivity (Wildman–Crippen MR) is 105 cm³/mol. The number of hydrogen-bond donors (Lipinski definition) is 1. The van der Waals surface area contributed by atoms with Crippen molar-refractivity contribution in [1.82, 2.24) is 4.98 Å². The molecule has 0 aliphatic carbocycles. The number of para-hydroxylation sites is 1. The number of amides is 1. The molecular formula is C22H21N3O. The lowest BCUT2D eigenvalue weighted by atomic mass is 10.1. The van der Waals surface area contributed by atoms with Crippen LogP contribution in [0.1, 0.15) is 38.9 Å². The SMILES string of the molecule is Cc1ccc(N2C(=O)c3cccnc3C2Nc2c(C)cccc2C)cc1. The summed E-state index contributed by atoms with van der Waals surface area (Å²) < 4.78 is 0. The molecular weight excluding hydrogens is 322 g/mol. The fourth-order valence-electron chi connectivity index (χ4n) is 3.47. The Kier molecular flexibility index (Phi) is 3.96. The summed E-state index contributed by atoms with van der Waals surface area (Å²) in [5.41, 5.74) is 6.77. The van der Waals surface area contributed by atoms with Crippen molar-refractivity contribution in [3.63, 3.8) is 0 Å². The van der Waals surface area contributed by atoms with Crippen LogP contribution in [0.5, 0.6) is 0 Å². The van der Waals surface area contributed by atoms with Gasteiger partial charge in [0.1, 0.15) is 0 Å². The van der Waals surface area contributed by atoms with Gasteiger partial charge in [-0.05, 0) is 56.2 Å². The van der Waals surface area contributed by atoms with Gasteiger partial charge in [0.2, 0.25) is 0 Å². The molecule has 4 rings (SSSR count). The highest BCUT2D eigenvalue weighted by Crippen LogP contribution is 2.38. The van der Waals surface area contributed by atoms with Crippen molar-refractivity contribution in [3.8, 4) is 0 Å². The lowest BCUT2D eigenvalue weighted by Crippen LogP contribution is -2.32. The third-order valence-corrected chi connectivity index (χ3v) is 4.88. The molecule has 26 heavy (non-hydrogen) atoms. The second-order valence-corrected chi connectivity index (χ2v) is 6.76. The van der Waals surface area contributed by atoms with Gasteiger partial charge in [0.05, 0.1) is 11.3 Å². The fourth-order valence-corrected chi connectivity index (χ4v) is 3.47. The summed E-state index contributed by atoms with van der Waals surface area (Å²) in [6.45, 7) is 6.18. The van der Waals surface area contributed by atoms with Gasteiger partial charge in [-0.25, -0.2) is 0 Å². The summed E-state index contributed by atoms with van der Waals surface area (Å²) in [4.78, 5) is 19.4. The summed E-state index contributed by atoms with van der Waals surface area (Å²) in [5, 5.41) is 3.57. The zero-order chi connectivity index (χ0) is 18.3. The topological polar surface area (TPSA) is 45.2 Å². The van der Waals surface area contributed by atoms with Crippen molar-refractivity contribution in [2.24, 2.45) is 0 Å². The van der Waals surface area contributed by atoms with Crippen LogP contribution in [0, 0.1) is 20.8 Å². The minimum absolute atomic E-state index is 0.0271. The average molecular weight is 343 g/mol. The van der Waals surface area contributed by atoms with E-state index in [1.807, 2.05) is 49.4 Å². The van der Waals surface area contributed by atoms with Gasteiger partial charge < -0.3 is 5.32 Å². The molecule has 1 unspecified atom stereocenters. The normalized spacial score (nSPS) is 15.9.